The molecule has 126 valence electrons. The largest absolute Gasteiger partial charge is 0.480 e. The Kier molecular flexibility index (Phi) is 5.08. The number of aromatic nitrogens is 1. The van der Waals surface area contributed by atoms with Crippen LogP contribution in [-0.4, -0.2) is 53.7 Å². The van der Waals surface area contributed by atoms with Gasteiger partial charge in [0, 0.05) is 25.3 Å². The van der Waals surface area contributed by atoms with E-state index in [2.05, 4.69) is 10.3 Å². The molecule has 1 aliphatic heterocycles. The molecule has 7 heteroatoms. The normalized spacial score (nSPS) is 17.7. The van der Waals surface area contributed by atoms with Crippen LogP contribution in [-0.2, 0) is 4.74 Å². The van der Waals surface area contributed by atoms with Crippen molar-refractivity contribution >= 4 is 12.0 Å². The van der Waals surface area contributed by atoms with Gasteiger partial charge in [-0.05, 0) is 39.3 Å². The first-order valence-electron chi connectivity index (χ1n) is 7.58. The molecule has 0 radical (unpaired) electrons. The topological polar surface area (TPSA) is 80.8 Å². The van der Waals surface area contributed by atoms with Crippen LogP contribution >= 0.6 is 0 Å². The lowest BCUT2D eigenvalue weighted by molar-refractivity contribution is 0.0290. The van der Waals surface area contributed by atoms with Gasteiger partial charge in [0.1, 0.15) is 11.2 Å². The van der Waals surface area contributed by atoms with E-state index in [-0.39, 0.29) is 23.9 Å². The fraction of sp³-hybridized carbons (Fsp3) is 0.562. The summed E-state index contributed by atoms with van der Waals surface area (Å²) in [4.78, 5) is 30.0. The first-order valence-corrected chi connectivity index (χ1v) is 7.58. The van der Waals surface area contributed by atoms with Gasteiger partial charge in [-0.1, -0.05) is 0 Å². The second-order valence-electron chi connectivity index (χ2n) is 6.45. The highest BCUT2D eigenvalue weighted by atomic mass is 16.6. The standard InChI is InChI=1S/C16H23N3O4/c1-16(2,3)23-15(21)19-9-7-11(10-19)18-13(20)12-6-5-8-17-14(12)22-4/h5-6,8,11H,7,9-10H2,1-4H3,(H,18,20). The molecule has 2 heterocycles. The molecule has 1 N–H and O–H groups in total. The van der Waals surface area contributed by atoms with Crippen molar-refractivity contribution in [2.75, 3.05) is 20.2 Å². The number of hydrogen-bond acceptors (Lipinski definition) is 5. The monoisotopic (exact) mass is 321 g/mol. The van der Waals surface area contributed by atoms with Crippen LogP contribution in [0.25, 0.3) is 0 Å². The molecule has 2 rings (SSSR count). The number of pyridine rings is 1. The number of rotatable bonds is 3. The molecule has 1 aromatic rings. The number of carbonyl (C=O) groups excluding carboxylic acids is 2. The Hall–Kier alpha value is -2.31. The predicted octanol–water partition coefficient (Wildman–Crippen LogP) is 1.83. The quantitative estimate of drug-likeness (QED) is 0.918. The number of amides is 2. The summed E-state index contributed by atoms with van der Waals surface area (Å²) in [6.07, 6.45) is 1.90. The fourth-order valence-electron chi connectivity index (χ4n) is 2.36. The van der Waals surface area contributed by atoms with Crippen LogP contribution in [0.15, 0.2) is 18.3 Å². The van der Waals surface area contributed by atoms with Crippen LogP contribution < -0.4 is 10.1 Å². The third-order valence-electron chi connectivity index (χ3n) is 3.38. The van der Waals surface area contributed by atoms with Crippen molar-refractivity contribution in [2.45, 2.75) is 38.8 Å². The second kappa shape index (κ2) is 6.85. The third-order valence-corrected chi connectivity index (χ3v) is 3.38. The van der Waals surface area contributed by atoms with Gasteiger partial charge >= 0.3 is 6.09 Å². The van der Waals surface area contributed by atoms with Gasteiger partial charge in [0.2, 0.25) is 5.88 Å². The number of nitrogens with zero attached hydrogens (tertiary/aromatic N) is 2. The maximum atomic E-state index is 12.3. The van der Waals surface area contributed by atoms with Crippen molar-refractivity contribution in [3.63, 3.8) is 0 Å². The number of methoxy groups -OCH3 is 1. The van der Waals surface area contributed by atoms with Gasteiger partial charge in [0.15, 0.2) is 0 Å². The molecule has 1 aromatic heterocycles. The molecule has 0 aromatic carbocycles. The Morgan fingerprint density at radius 2 is 2.13 bits per heavy atom. The SMILES string of the molecule is COc1ncccc1C(=O)NC1CCN(C(=O)OC(C)(C)C)C1. The molecule has 1 saturated heterocycles. The molecular formula is C16H23N3O4. The minimum Gasteiger partial charge on any atom is -0.480 e. The molecule has 0 aliphatic carbocycles. The summed E-state index contributed by atoms with van der Waals surface area (Å²) < 4.78 is 10.4. The maximum absolute atomic E-state index is 12.3. The highest BCUT2D eigenvalue weighted by Gasteiger charge is 2.31. The summed E-state index contributed by atoms with van der Waals surface area (Å²) in [6, 6.07) is 3.22. The summed E-state index contributed by atoms with van der Waals surface area (Å²) in [7, 11) is 1.47. The third kappa shape index (κ3) is 4.58. The van der Waals surface area contributed by atoms with Crippen LogP contribution in [0, 0.1) is 0 Å². The zero-order valence-corrected chi connectivity index (χ0v) is 14.0. The molecule has 0 spiro atoms. The molecule has 1 unspecified atom stereocenters. The number of hydrogen-bond donors (Lipinski definition) is 1. The van der Waals surface area contributed by atoms with Crippen molar-refractivity contribution in [1.29, 1.82) is 0 Å². The second-order valence-corrected chi connectivity index (χ2v) is 6.45. The van der Waals surface area contributed by atoms with Gasteiger partial charge < -0.3 is 19.7 Å². The van der Waals surface area contributed by atoms with E-state index in [1.807, 2.05) is 20.8 Å². The highest BCUT2D eigenvalue weighted by molar-refractivity contribution is 5.96. The van der Waals surface area contributed by atoms with Gasteiger partial charge in [-0.3, -0.25) is 4.79 Å². The molecule has 2 amide bonds. The number of nitrogens with one attached hydrogen (secondary N) is 1. The van der Waals surface area contributed by atoms with Gasteiger partial charge in [0.05, 0.1) is 7.11 Å². The lowest BCUT2D eigenvalue weighted by atomic mass is 10.2. The van der Waals surface area contributed by atoms with Crippen LogP contribution in [0.4, 0.5) is 4.79 Å². The van der Waals surface area contributed by atoms with Gasteiger partial charge in [0.25, 0.3) is 5.91 Å². The smallest absolute Gasteiger partial charge is 0.410 e. The average Bonchev–Trinajstić information content (AvgIpc) is 2.94. The summed E-state index contributed by atoms with van der Waals surface area (Å²) in [6.45, 7) is 6.48. The summed E-state index contributed by atoms with van der Waals surface area (Å²) in [5, 5.41) is 2.91. The lowest BCUT2D eigenvalue weighted by Gasteiger charge is -2.24. The number of ether oxygens (including phenoxy) is 2. The lowest BCUT2D eigenvalue weighted by Crippen LogP contribution is -2.40. The number of carbonyl (C=O) groups is 2. The first kappa shape index (κ1) is 17.1. The van der Waals surface area contributed by atoms with Crippen molar-refractivity contribution in [1.82, 2.24) is 15.2 Å². The summed E-state index contributed by atoms with van der Waals surface area (Å²) >= 11 is 0. The van der Waals surface area contributed by atoms with E-state index >= 15 is 0 Å². The molecule has 1 atom stereocenters. The predicted molar refractivity (Wildman–Crippen MR) is 84.5 cm³/mol. The fourth-order valence-corrected chi connectivity index (χ4v) is 2.36. The van der Waals surface area contributed by atoms with E-state index in [1.54, 1.807) is 23.2 Å². The Morgan fingerprint density at radius 1 is 1.39 bits per heavy atom. The average molecular weight is 321 g/mol. The van der Waals surface area contributed by atoms with Crippen LogP contribution in [0.3, 0.4) is 0 Å². The van der Waals surface area contributed by atoms with Crippen molar-refractivity contribution in [3.8, 4) is 5.88 Å². The zero-order valence-electron chi connectivity index (χ0n) is 14.0. The van der Waals surface area contributed by atoms with E-state index in [0.29, 0.717) is 25.1 Å². The van der Waals surface area contributed by atoms with Crippen LogP contribution in [0.5, 0.6) is 5.88 Å². The van der Waals surface area contributed by atoms with Crippen molar-refractivity contribution < 1.29 is 19.1 Å². The van der Waals surface area contributed by atoms with Crippen molar-refractivity contribution in [3.05, 3.63) is 23.9 Å². The molecular weight excluding hydrogens is 298 g/mol. The molecule has 0 bridgehead atoms. The molecule has 7 nitrogen and oxygen atoms in total. The van der Waals surface area contributed by atoms with E-state index < -0.39 is 5.60 Å². The van der Waals surface area contributed by atoms with Gasteiger partial charge in [-0.2, -0.15) is 0 Å². The van der Waals surface area contributed by atoms with E-state index in [4.69, 9.17) is 9.47 Å². The summed E-state index contributed by atoms with van der Waals surface area (Å²) in [5.41, 5.74) is -0.146. The minimum atomic E-state index is -0.526. The minimum absolute atomic E-state index is 0.111. The van der Waals surface area contributed by atoms with Crippen LogP contribution in [0.1, 0.15) is 37.6 Å². The Labute approximate surface area is 136 Å². The van der Waals surface area contributed by atoms with Gasteiger partial charge in [-0.25, -0.2) is 9.78 Å². The highest BCUT2D eigenvalue weighted by Crippen LogP contribution is 2.17. The summed E-state index contributed by atoms with van der Waals surface area (Å²) in [5.74, 6) is 0.0259. The Bertz CT molecular complexity index is 583. The van der Waals surface area contributed by atoms with E-state index in [0.717, 1.165) is 0 Å². The zero-order chi connectivity index (χ0) is 17.0. The molecule has 1 fully saturated rings. The first-order chi connectivity index (χ1) is 10.8. The Morgan fingerprint density at radius 3 is 2.78 bits per heavy atom. The maximum Gasteiger partial charge on any atom is 0.410 e. The van der Waals surface area contributed by atoms with E-state index in [1.165, 1.54) is 7.11 Å². The van der Waals surface area contributed by atoms with Gasteiger partial charge in [-0.15, -0.1) is 0 Å². The molecule has 0 saturated carbocycles. The molecule has 23 heavy (non-hydrogen) atoms. The van der Waals surface area contributed by atoms with E-state index in [9.17, 15) is 9.59 Å². The Balaban J connectivity index is 1.93. The molecule has 1 aliphatic rings. The van der Waals surface area contributed by atoms with Crippen molar-refractivity contribution in [2.24, 2.45) is 0 Å². The number of likely N-dealkylation sites (tertiary alicyclic amines) is 1. The van der Waals surface area contributed by atoms with Crippen LogP contribution in [0.2, 0.25) is 0 Å².